The van der Waals surface area contributed by atoms with Gasteiger partial charge in [0.1, 0.15) is 0 Å². The third-order valence-corrected chi connectivity index (χ3v) is 2.08. The van der Waals surface area contributed by atoms with Crippen molar-refractivity contribution < 1.29 is 10.2 Å². The van der Waals surface area contributed by atoms with E-state index in [2.05, 4.69) is 11.8 Å². The standard InChI is InChI=1S/C12H15NO2/c13-12(9-14,10-15)8-4-7-11-5-2-1-3-6-11/h1-3,5-6,14-15H,8-10,13H2. The van der Waals surface area contributed by atoms with Gasteiger partial charge in [0, 0.05) is 12.0 Å². The molecule has 0 aliphatic rings. The summed E-state index contributed by atoms with van der Waals surface area (Å²) in [5, 5.41) is 17.9. The maximum Gasteiger partial charge on any atom is 0.0733 e. The molecule has 0 radical (unpaired) electrons. The first-order valence-electron chi connectivity index (χ1n) is 4.75. The summed E-state index contributed by atoms with van der Waals surface area (Å²) in [6.07, 6.45) is 0.273. The Balaban J connectivity index is 2.61. The fourth-order valence-electron chi connectivity index (χ4n) is 1.01. The monoisotopic (exact) mass is 205 g/mol. The molecule has 1 aromatic rings. The highest BCUT2D eigenvalue weighted by Gasteiger charge is 2.21. The summed E-state index contributed by atoms with van der Waals surface area (Å²) in [7, 11) is 0. The number of benzene rings is 1. The molecule has 0 bridgehead atoms. The van der Waals surface area contributed by atoms with Gasteiger partial charge in [0.25, 0.3) is 0 Å². The molecule has 3 nitrogen and oxygen atoms in total. The van der Waals surface area contributed by atoms with Crippen LogP contribution in [-0.4, -0.2) is 29.0 Å². The number of hydrogen-bond donors (Lipinski definition) is 3. The first-order chi connectivity index (χ1) is 7.20. The summed E-state index contributed by atoms with van der Waals surface area (Å²) in [5.74, 6) is 5.77. The summed E-state index contributed by atoms with van der Waals surface area (Å²) in [4.78, 5) is 0. The van der Waals surface area contributed by atoms with Gasteiger partial charge in [-0.15, -0.1) is 0 Å². The lowest BCUT2D eigenvalue weighted by Crippen LogP contribution is -2.46. The van der Waals surface area contributed by atoms with E-state index in [1.165, 1.54) is 0 Å². The molecule has 1 rings (SSSR count). The first-order valence-corrected chi connectivity index (χ1v) is 4.75. The number of nitrogens with two attached hydrogens (primary N) is 1. The predicted molar refractivity (Wildman–Crippen MR) is 59.0 cm³/mol. The van der Waals surface area contributed by atoms with E-state index in [1.54, 1.807) is 0 Å². The Bertz CT molecular complexity index is 347. The molecule has 80 valence electrons. The molecule has 0 heterocycles. The molecular formula is C12H15NO2. The minimum Gasteiger partial charge on any atom is -0.394 e. The second-order valence-corrected chi connectivity index (χ2v) is 3.52. The second-order valence-electron chi connectivity index (χ2n) is 3.52. The lowest BCUT2D eigenvalue weighted by Gasteiger charge is -2.21. The van der Waals surface area contributed by atoms with Crippen molar-refractivity contribution in [3.05, 3.63) is 35.9 Å². The Labute approximate surface area is 89.5 Å². The zero-order chi connectivity index (χ0) is 11.1. The smallest absolute Gasteiger partial charge is 0.0733 e. The van der Waals surface area contributed by atoms with Crippen molar-refractivity contribution >= 4 is 0 Å². The lowest BCUT2D eigenvalue weighted by molar-refractivity contribution is 0.124. The molecule has 0 aromatic heterocycles. The minimum absolute atomic E-state index is 0.271. The zero-order valence-electron chi connectivity index (χ0n) is 8.48. The van der Waals surface area contributed by atoms with Crippen LogP contribution in [0.15, 0.2) is 30.3 Å². The Morgan fingerprint density at radius 3 is 2.27 bits per heavy atom. The normalized spacial score (nSPS) is 10.6. The zero-order valence-corrected chi connectivity index (χ0v) is 8.48. The summed E-state index contributed by atoms with van der Waals surface area (Å²) >= 11 is 0. The van der Waals surface area contributed by atoms with Crippen molar-refractivity contribution in [2.75, 3.05) is 13.2 Å². The molecule has 0 fully saturated rings. The van der Waals surface area contributed by atoms with Crippen LogP contribution in [0.5, 0.6) is 0 Å². The van der Waals surface area contributed by atoms with Crippen LogP contribution in [0.4, 0.5) is 0 Å². The molecule has 0 amide bonds. The molecule has 1 aromatic carbocycles. The summed E-state index contributed by atoms with van der Waals surface area (Å²) < 4.78 is 0. The van der Waals surface area contributed by atoms with E-state index in [-0.39, 0.29) is 19.6 Å². The Hall–Kier alpha value is -1.34. The molecule has 3 heteroatoms. The molecule has 0 saturated carbocycles. The van der Waals surface area contributed by atoms with Crippen LogP contribution in [0.2, 0.25) is 0 Å². The van der Waals surface area contributed by atoms with Crippen LogP contribution in [0.1, 0.15) is 12.0 Å². The quantitative estimate of drug-likeness (QED) is 0.614. The second kappa shape index (κ2) is 5.52. The Kier molecular flexibility index (Phi) is 4.32. The van der Waals surface area contributed by atoms with E-state index in [9.17, 15) is 0 Å². The van der Waals surface area contributed by atoms with Gasteiger partial charge < -0.3 is 15.9 Å². The van der Waals surface area contributed by atoms with Crippen molar-refractivity contribution in [2.45, 2.75) is 12.0 Å². The fourth-order valence-corrected chi connectivity index (χ4v) is 1.01. The SMILES string of the molecule is NC(CO)(CO)CC#Cc1ccccc1. The van der Waals surface area contributed by atoms with E-state index in [4.69, 9.17) is 15.9 Å². The van der Waals surface area contributed by atoms with Crippen LogP contribution >= 0.6 is 0 Å². The topological polar surface area (TPSA) is 66.5 Å². The maximum absolute atomic E-state index is 8.93. The number of rotatable bonds is 3. The molecule has 4 N–H and O–H groups in total. The lowest BCUT2D eigenvalue weighted by atomic mass is 9.99. The molecule has 0 atom stereocenters. The van der Waals surface area contributed by atoms with E-state index in [0.717, 1.165) is 5.56 Å². The van der Waals surface area contributed by atoms with Gasteiger partial charge in [-0.2, -0.15) is 0 Å². The molecule has 0 saturated heterocycles. The molecule has 0 unspecified atom stereocenters. The summed E-state index contributed by atoms with van der Waals surface area (Å²) in [6, 6.07) is 9.50. The minimum atomic E-state index is -0.998. The fraction of sp³-hybridized carbons (Fsp3) is 0.333. The van der Waals surface area contributed by atoms with Gasteiger partial charge in [-0.25, -0.2) is 0 Å². The average Bonchev–Trinajstić information content (AvgIpc) is 2.30. The van der Waals surface area contributed by atoms with Crippen LogP contribution in [0.25, 0.3) is 0 Å². The van der Waals surface area contributed by atoms with E-state index >= 15 is 0 Å². The van der Waals surface area contributed by atoms with Gasteiger partial charge in [0.15, 0.2) is 0 Å². The van der Waals surface area contributed by atoms with E-state index < -0.39 is 5.54 Å². The van der Waals surface area contributed by atoms with Crippen LogP contribution in [0.3, 0.4) is 0 Å². The van der Waals surface area contributed by atoms with Crippen molar-refractivity contribution in [1.29, 1.82) is 0 Å². The molecule has 15 heavy (non-hydrogen) atoms. The molecule has 0 aliphatic carbocycles. The Morgan fingerprint density at radius 1 is 1.13 bits per heavy atom. The van der Waals surface area contributed by atoms with Gasteiger partial charge in [0.2, 0.25) is 0 Å². The van der Waals surface area contributed by atoms with E-state index in [0.29, 0.717) is 0 Å². The Morgan fingerprint density at radius 2 is 1.73 bits per heavy atom. The third kappa shape index (κ3) is 3.72. The highest BCUT2D eigenvalue weighted by Crippen LogP contribution is 2.03. The highest BCUT2D eigenvalue weighted by atomic mass is 16.3. The summed E-state index contributed by atoms with van der Waals surface area (Å²) in [6.45, 7) is -0.542. The summed E-state index contributed by atoms with van der Waals surface area (Å²) in [5.41, 5.74) is 5.56. The van der Waals surface area contributed by atoms with Crippen molar-refractivity contribution in [3.8, 4) is 11.8 Å². The van der Waals surface area contributed by atoms with Crippen molar-refractivity contribution in [1.82, 2.24) is 0 Å². The number of aliphatic hydroxyl groups is 2. The molecular weight excluding hydrogens is 190 g/mol. The van der Waals surface area contributed by atoms with E-state index in [1.807, 2.05) is 30.3 Å². The average molecular weight is 205 g/mol. The molecule has 0 aliphatic heterocycles. The van der Waals surface area contributed by atoms with Crippen LogP contribution < -0.4 is 5.73 Å². The largest absolute Gasteiger partial charge is 0.394 e. The van der Waals surface area contributed by atoms with Crippen molar-refractivity contribution in [3.63, 3.8) is 0 Å². The third-order valence-electron chi connectivity index (χ3n) is 2.08. The molecule has 0 spiro atoms. The van der Waals surface area contributed by atoms with Gasteiger partial charge >= 0.3 is 0 Å². The van der Waals surface area contributed by atoms with Crippen molar-refractivity contribution in [2.24, 2.45) is 5.73 Å². The van der Waals surface area contributed by atoms with Gasteiger partial charge in [-0.05, 0) is 12.1 Å². The first kappa shape index (κ1) is 11.7. The van der Waals surface area contributed by atoms with Gasteiger partial charge in [-0.3, -0.25) is 0 Å². The van der Waals surface area contributed by atoms with Crippen LogP contribution in [0, 0.1) is 11.8 Å². The number of hydrogen-bond acceptors (Lipinski definition) is 3. The van der Waals surface area contributed by atoms with Crippen LogP contribution in [-0.2, 0) is 0 Å². The predicted octanol–water partition coefficient (Wildman–Crippen LogP) is 0.110. The van der Waals surface area contributed by atoms with Gasteiger partial charge in [0.05, 0.1) is 18.8 Å². The number of aliphatic hydroxyl groups excluding tert-OH is 2. The highest BCUT2D eigenvalue weighted by molar-refractivity contribution is 5.33. The maximum atomic E-state index is 8.93. The van der Waals surface area contributed by atoms with Gasteiger partial charge in [-0.1, -0.05) is 30.0 Å².